The Kier molecular flexibility index (Phi) is 4.58. The zero-order valence-corrected chi connectivity index (χ0v) is 14.8. The second kappa shape index (κ2) is 7.19. The number of halogens is 1. The van der Waals surface area contributed by atoms with Crippen LogP contribution in [0.15, 0.2) is 53.1 Å². The van der Waals surface area contributed by atoms with E-state index in [1.165, 1.54) is 12.1 Å². The fourth-order valence-corrected chi connectivity index (χ4v) is 3.28. The molecule has 3 aromatic rings. The number of amides is 1. The summed E-state index contributed by atoms with van der Waals surface area (Å²) in [6.45, 7) is 0.620. The quantitative estimate of drug-likeness (QED) is 0.700. The lowest BCUT2D eigenvalue weighted by Crippen LogP contribution is -2.30. The first-order valence-electron chi connectivity index (χ1n) is 8.70. The minimum atomic E-state index is -0.326. The number of benzene rings is 2. The molecule has 0 bridgehead atoms. The van der Waals surface area contributed by atoms with E-state index < -0.39 is 0 Å². The van der Waals surface area contributed by atoms with Crippen LogP contribution in [0.2, 0.25) is 0 Å². The van der Waals surface area contributed by atoms with E-state index >= 15 is 0 Å². The first-order valence-corrected chi connectivity index (χ1v) is 8.70. The summed E-state index contributed by atoms with van der Waals surface area (Å²) in [4.78, 5) is 19.1. The van der Waals surface area contributed by atoms with Gasteiger partial charge >= 0.3 is 0 Å². The Morgan fingerprint density at radius 3 is 2.85 bits per heavy atom. The second-order valence-electron chi connectivity index (χ2n) is 6.35. The minimum Gasteiger partial charge on any atom is -0.497 e. The fraction of sp³-hybridized carbons (Fsp3) is 0.250. The molecule has 0 spiro atoms. The number of rotatable bonds is 4. The molecule has 2 heterocycles. The summed E-state index contributed by atoms with van der Waals surface area (Å²) < 4.78 is 23.7. The Morgan fingerprint density at radius 2 is 2.07 bits per heavy atom. The monoisotopic (exact) mass is 367 g/mol. The lowest BCUT2D eigenvalue weighted by molar-refractivity contribution is 0.0709. The second-order valence-corrected chi connectivity index (χ2v) is 6.35. The van der Waals surface area contributed by atoms with Crippen molar-refractivity contribution in [2.45, 2.75) is 18.9 Å². The third-order valence-electron chi connectivity index (χ3n) is 4.66. The van der Waals surface area contributed by atoms with Crippen molar-refractivity contribution in [1.82, 2.24) is 15.0 Å². The minimum absolute atomic E-state index is 0.0991. The number of methoxy groups -OCH3 is 1. The zero-order chi connectivity index (χ0) is 18.8. The van der Waals surface area contributed by atoms with E-state index in [0.29, 0.717) is 35.1 Å². The van der Waals surface area contributed by atoms with Crippen LogP contribution >= 0.6 is 0 Å². The van der Waals surface area contributed by atoms with Crippen LogP contribution in [-0.2, 0) is 0 Å². The van der Waals surface area contributed by atoms with Crippen LogP contribution in [0, 0.1) is 5.82 Å². The average Bonchev–Trinajstić information content (AvgIpc) is 3.37. The number of aromatic nitrogens is 2. The van der Waals surface area contributed by atoms with Gasteiger partial charge in [-0.3, -0.25) is 4.79 Å². The van der Waals surface area contributed by atoms with Gasteiger partial charge < -0.3 is 14.2 Å². The lowest BCUT2D eigenvalue weighted by Gasteiger charge is -2.22. The van der Waals surface area contributed by atoms with Gasteiger partial charge in [-0.2, -0.15) is 4.98 Å². The Labute approximate surface area is 155 Å². The van der Waals surface area contributed by atoms with Gasteiger partial charge in [0.2, 0.25) is 11.7 Å². The van der Waals surface area contributed by atoms with Gasteiger partial charge in [-0.05, 0) is 55.3 Å². The van der Waals surface area contributed by atoms with Crippen molar-refractivity contribution < 1.29 is 18.4 Å². The Hall–Kier alpha value is -3.22. The van der Waals surface area contributed by atoms with Gasteiger partial charge in [-0.25, -0.2) is 4.39 Å². The van der Waals surface area contributed by atoms with Crippen LogP contribution in [0.5, 0.6) is 5.75 Å². The smallest absolute Gasteiger partial charge is 0.254 e. The van der Waals surface area contributed by atoms with Crippen molar-refractivity contribution in [3.05, 3.63) is 65.8 Å². The third-order valence-corrected chi connectivity index (χ3v) is 4.66. The molecule has 1 aliphatic rings. The lowest BCUT2D eigenvalue weighted by atomic mass is 10.1. The first kappa shape index (κ1) is 17.2. The van der Waals surface area contributed by atoms with Crippen molar-refractivity contribution in [2.75, 3.05) is 13.7 Å². The Bertz CT molecular complexity index is 955. The largest absolute Gasteiger partial charge is 0.497 e. The Morgan fingerprint density at radius 1 is 1.26 bits per heavy atom. The summed E-state index contributed by atoms with van der Waals surface area (Å²) in [7, 11) is 1.57. The van der Waals surface area contributed by atoms with Crippen LogP contribution in [0.3, 0.4) is 0 Å². The molecule has 7 heteroatoms. The van der Waals surface area contributed by atoms with E-state index in [1.807, 2.05) is 0 Å². The predicted molar refractivity (Wildman–Crippen MR) is 95.7 cm³/mol. The van der Waals surface area contributed by atoms with Gasteiger partial charge in [0.05, 0.1) is 7.11 Å². The normalized spacial score (nSPS) is 16.5. The van der Waals surface area contributed by atoms with Crippen molar-refractivity contribution in [3.8, 4) is 17.1 Å². The molecule has 4 rings (SSSR count). The molecule has 0 aliphatic carbocycles. The molecule has 138 valence electrons. The van der Waals surface area contributed by atoms with Crippen molar-refractivity contribution >= 4 is 5.91 Å². The van der Waals surface area contributed by atoms with E-state index in [2.05, 4.69) is 10.1 Å². The molecule has 0 unspecified atom stereocenters. The third kappa shape index (κ3) is 3.40. The zero-order valence-electron chi connectivity index (χ0n) is 14.8. The highest BCUT2D eigenvalue weighted by Gasteiger charge is 2.34. The molecule has 1 aromatic heterocycles. The average molecular weight is 367 g/mol. The van der Waals surface area contributed by atoms with E-state index in [1.54, 1.807) is 48.4 Å². The first-order chi connectivity index (χ1) is 13.2. The van der Waals surface area contributed by atoms with Gasteiger partial charge in [0, 0.05) is 17.7 Å². The summed E-state index contributed by atoms with van der Waals surface area (Å²) in [6.07, 6.45) is 1.61. The van der Waals surface area contributed by atoms with Crippen molar-refractivity contribution in [1.29, 1.82) is 0 Å². The Balaban J connectivity index is 1.58. The van der Waals surface area contributed by atoms with Crippen LogP contribution in [0.1, 0.15) is 35.1 Å². The molecule has 0 saturated carbocycles. The van der Waals surface area contributed by atoms with Gasteiger partial charge in [-0.15, -0.1) is 0 Å². The molecule has 27 heavy (non-hydrogen) atoms. The highest BCUT2D eigenvalue weighted by atomic mass is 19.1. The van der Waals surface area contributed by atoms with Crippen LogP contribution in [-0.4, -0.2) is 34.6 Å². The van der Waals surface area contributed by atoms with E-state index in [4.69, 9.17) is 9.26 Å². The SMILES string of the molecule is COc1cccc(C(=O)N2CCC[C@@H]2c2nc(-c3ccc(F)cc3)no2)c1. The summed E-state index contributed by atoms with van der Waals surface area (Å²) in [5, 5.41) is 3.99. The number of ether oxygens (including phenoxy) is 1. The van der Waals surface area contributed by atoms with Crippen LogP contribution in [0.4, 0.5) is 4.39 Å². The number of carbonyl (C=O) groups excluding carboxylic acids is 1. The summed E-state index contributed by atoms with van der Waals surface area (Å²) >= 11 is 0. The van der Waals surface area contributed by atoms with Crippen molar-refractivity contribution in [2.24, 2.45) is 0 Å². The molecule has 1 fully saturated rings. The predicted octanol–water partition coefficient (Wildman–Crippen LogP) is 3.86. The van der Waals surface area contributed by atoms with Gasteiger partial charge in [0.15, 0.2) is 0 Å². The van der Waals surface area contributed by atoms with E-state index in [9.17, 15) is 9.18 Å². The van der Waals surface area contributed by atoms with Crippen LogP contribution < -0.4 is 4.74 Å². The number of nitrogens with zero attached hydrogens (tertiary/aromatic N) is 3. The molecule has 1 atom stereocenters. The molecule has 0 radical (unpaired) electrons. The number of hydrogen-bond acceptors (Lipinski definition) is 5. The van der Waals surface area contributed by atoms with Gasteiger partial charge in [-0.1, -0.05) is 11.2 Å². The number of hydrogen-bond donors (Lipinski definition) is 0. The van der Waals surface area contributed by atoms with Crippen LogP contribution in [0.25, 0.3) is 11.4 Å². The molecule has 1 saturated heterocycles. The van der Waals surface area contributed by atoms with E-state index in [-0.39, 0.29) is 17.8 Å². The number of carbonyl (C=O) groups is 1. The van der Waals surface area contributed by atoms with Crippen molar-refractivity contribution in [3.63, 3.8) is 0 Å². The molecule has 1 aliphatic heterocycles. The van der Waals surface area contributed by atoms with E-state index in [0.717, 1.165) is 12.8 Å². The molecular formula is C20H18FN3O3. The highest BCUT2D eigenvalue weighted by molar-refractivity contribution is 5.95. The molecule has 2 aromatic carbocycles. The standard InChI is InChI=1S/C20H18FN3O3/c1-26-16-5-2-4-14(12-16)20(25)24-11-3-6-17(24)19-22-18(23-27-19)13-7-9-15(21)10-8-13/h2,4-5,7-10,12,17H,3,6,11H2,1H3/t17-/m1/s1. The summed E-state index contributed by atoms with van der Waals surface area (Å²) in [6, 6.07) is 12.7. The molecule has 6 nitrogen and oxygen atoms in total. The maximum Gasteiger partial charge on any atom is 0.254 e. The molecule has 0 N–H and O–H groups in total. The fourth-order valence-electron chi connectivity index (χ4n) is 3.28. The van der Waals surface area contributed by atoms with Gasteiger partial charge in [0.1, 0.15) is 17.6 Å². The maximum atomic E-state index is 13.1. The summed E-state index contributed by atoms with van der Waals surface area (Å²) in [5.74, 6) is 0.980. The molecular weight excluding hydrogens is 349 g/mol. The van der Waals surface area contributed by atoms with Gasteiger partial charge in [0.25, 0.3) is 5.91 Å². The maximum absolute atomic E-state index is 13.1. The topological polar surface area (TPSA) is 68.5 Å². The number of likely N-dealkylation sites (tertiary alicyclic amines) is 1. The molecule has 1 amide bonds. The highest BCUT2D eigenvalue weighted by Crippen LogP contribution is 2.33. The summed E-state index contributed by atoms with van der Waals surface area (Å²) in [5.41, 5.74) is 1.22.